The van der Waals surface area contributed by atoms with E-state index in [0.29, 0.717) is 36.7 Å². The topological polar surface area (TPSA) is 61.5 Å². The maximum absolute atomic E-state index is 10.7. The predicted molar refractivity (Wildman–Crippen MR) is 152 cm³/mol. The summed E-state index contributed by atoms with van der Waals surface area (Å²) in [6.07, 6.45) is 8.54. The Morgan fingerprint density at radius 2 is 1.76 bits per heavy atom. The van der Waals surface area contributed by atoms with Crippen molar-refractivity contribution in [3.8, 4) is 0 Å². The van der Waals surface area contributed by atoms with Crippen LogP contribution >= 0.6 is 23.2 Å². The molecule has 1 unspecified atom stereocenters. The summed E-state index contributed by atoms with van der Waals surface area (Å²) in [5, 5.41) is 15.6. The van der Waals surface area contributed by atoms with E-state index in [2.05, 4.69) is 31.0 Å². The van der Waals surface area contributed by atoms with Crippen LogP contribution in [0.2, 0.25) is 5.02 Å². The molecule has 0 fully saturated rings. The van der Waals surface area contributed by atoms with Crippen LogP contribution in [0.1, 0.15) is 85.6 Å². The molecule has 0 heterocycles. The molecule has 0 aromatic heterocycles. The molecule has 1 aliphatic rings. The number of rotatable bonds is 9. The molecule has 0 spiro atoms. The van der Waals surface area contributed by atoms with Gasteiger partial charge in [-0.1, -0.05) is 95.8 Å². The molecule has 0 radical (unpaired) electrons. The van der Waals surface area contributed by atoms with Gasteiger partial charge in [0.25, 0.3) is 0 Å². The van der Waals surface area contributed by atoms with Gasteiger partial charge in [-0.25, -0.2) is 0 Å². The summed E-state index contributed by atoms with van der Waals surface area (Å²) in [4.78, 5) is 2.20. The number of nitrogens with one attached hydrogen (secondary N) is 1. The van der Waals surface area contributed by atoms with Gasteiger partial charge in [-0.05, 0) is 43.9 Å². The number of aliphatic hydroxyl groups excluding tert-OH is 1. The number of hydrogen-bond donors (Lipinski definition) is 3. The van der Waals surface area contributed by atoms with Crippen molar-refractivity contribution >= 4 is 28.9 Å². The van der Waals surface area contributed by atoms with Crippen LogP contribution in [0, 0.1) is 6.92 Å². The highest BCUT2D eigenvalue weighted by Gasteiger charge is 2.23. The number of aliphatic hydroxyl groups is 1. The second-order valence-electron chi connectivity index (χ2n) is 8.16. The lowest BCUT2D eigenvalue weighted by Crippen LogP contribution is -2.35. The van der Waals surface area contributed by atoms with Gasteiger partial charge in [0.15, 0.2) is 0 Å². The van der Waals surface area contributed by atoms with Crippen LogP contribution in [-0.2, 0) is 0 Å². The van der Waals surface area contributed by atoms with E-state index in [4.69, 9.17) is 28.9 Å². The lowest BCUT2D eigenvalue weighted by atomic mass is 9.97. The molecule has 34 heavy (non-hydrogen) atoms. The second kappa shape index (κ2) is 18.7. The molecule has 6 heteroatoms. The Hall–Kier alpha value is -1.62. The average molecular weight is 513 g/mol. The number of hydrogen-bond acceptors (Lipinski definition) is 4. The van der Waals surface area contributed by atoms with Gasteiger partial charge in [0.2, 0.25) is 0 Å². The van der Waals surface area contributed by atoms with Crippen LogP contribution in [0.5, 0.6) is 0 Å². The number of unbranched alkanes of at least 4 members (excludes halogenated alkanes) is 1. The zero-order valence-corrected chi connectivity index (χ0v) is 23.9. The Kier molecular flexibility index (Phi) is 17.8. The van der Waals surface area contributed by atoms with Crippen molar-refractivity contribution in [3.05, 3.63) is 62.9 Å². The number of benzene rings is 1. The summed E-state index contributed by atoms with van der Waals surface area (Å²) >= 11 is 12.7. The molecule has 1 aromatic carbocycles. The fourth-order valence-electron chi connectivity index (χ4n) is 3.40. The molecule has 4 N–H and O–H groups in total. The molecule has 4 nitrogen and oxygen atoms in total. The van der Waals surface area contributed by atoms with E-state index in [-0.39, 0.29) is 0 Å². The molecule has 1 atom stereocenters. The Morgan fingerprint density at radius 3 is 2.32 bits per heavy atom. The van der Waals surface area contributed by atoms with Gasteiger partial charge in [-0.3, -0.25) is 0 Å². The van der Waals surface area contributed by atoms with Crippen molar-refractivity contribution in [2.45, 2.75) is 93.1 Å². The number of anilines is 1. The molecular weight excluding hydrogens is 465 g/mol. The average Bonchev–Trinajstić information content (AvgIpc) is 2.80. The van der Waals surface area contributed by atoms with Crippen LogP contribution in [0.25, 0.3) is 0 Å². The maximum Gasteiger partial charge on any atom is 0.0877 e. The summed E-state index contributed by atoms with van der Waals surface area (Å²) in [7, 11) is 0. The molecule has 1 aromatic rings. The number of allylic oxidation sites excluding steroid dienone is 3. The van der Waals surface area contributed by atoms with E-state index >= 15 is 0 Å². The van der Waals surface area contributed by atoms with Crippen molar-refractivity contribution in [3.63, 3.8) is 0 Å². The summed E-state index contributed by atoms with van der Waals surface area (Å²) in [5.74, 6) is 0. The third-order valence-corrected chi connectivity index (χ3v) is 5.64. The third-order valence-electron chi connectivity index (χ3n) is 5.04. The highest BCUT2D eigenvalue weighted by molar-refractivity contribution is 6.33. The number of nitrogens with zero attached hydrogens (tertiary/aromatic N) is 1. The van der Waals surface area contributed by atoms with Crippen molar-refractivity contribution in [1.82, 2.24) is 4.90 Å². The molecule has 0 saturated carbocycles. The van der Waals surface area contributed by atoms with Gasteiger partial charge in [-0.15, -0.1) is 0 Å². The zero-order valence-electron chi connectivity index (χ0n) is 22.3. The number of nitrogens with two attached hydrogens (primary N) is 1. The quantitative estimate of drug-likeness (QED) is 0.291. The smallest absolute Gasteiger partial charge is 0.0877 e. The first-order valence-electron chi connectivity index (χ1n) is 12.7. The second-order valence-corrected chi connectivity index (χ2v) is 9.06. The number of halogens is 2. The summed E-state index contributed by atoms with van der Waals surface area (Å²) in [6.45, 7) is 15.8. The SMILES string of the molecule is CC.CCC.CCCCN(CNc1ccc(C)cc1Cl)/C1=C(\N)C/C(Cl)=C\CC=C1C(O)CC. The molecular formula is C28H47Cl2N3O. The van der Waals surface area contributed by atoms with Crippen LogP contribution < -0.4 is 11.1 Å². The fourth-order valence-corrected chi connectivity index (χ4v) is 3.93. The standard InChI is InChI=1S/C23H33Cl2N3O.C3H8.C2H6/c1-4-6-12-28(15-27-21-11-10-16(3)13-19(21)25)23-18(22(29)5-2)9-7-8-17(24)14-20(23)26;1-3-2;1-2/h8-11,13,22,27,29H,4-7,12,14-15,26H2,1-3H3;3H2,1-2H3;1-2H3/b17-8+,18-9?,23-20-;;. The van der Waals surface area contributed by atoms with Crippen molar-refractivity contribution < 1.29 is 5.11 Å². The lowest BCUT2D eigenvalue weighted by molar-refractivity contribution is 0.199. The molecule has 0 bridgehead atoms. The van der Waals surface area contributed by atoms with Crippen LogP contribution in [0.15, 0.2) is 52.4 Å². The van der Waals surface area contributed by atoms with E-state index in [9.17, 15) is 5.11 Å². The highest BCUT2D eigenvalue weighted by atomic mass is 35.5. The van der Waals surface area contributed by atoms with Gasteiger partial charge in [0.1, 0.15) is 0 Å². The zero-order chi connectivity index (χ0) is 26.1. The van der Waals surface area contributed by atoms with Crippen LogP contribution in [-0.4, -0.2) is 29.3 Å². The van der Waals surface area contributed by atoms with Crippen LogP contribution in [0.3, 0.4) is 0 Å². The van der Waals surface area contributed by atoms with Gasteiger partial charge in [0, 0.05) is 29.3 Å². The first kappa shape index (κ1) is 32.4. The first-order valence-corrected chi connectivity index (χ1v) is 13.5. The van der Waals surface area contributed by atoms with E-state index in [0.717, 1.165) is 46.9 Å². The van der Waals surface area contributed by atoms with E-state index in [1.807, 2.05) is 58.0 Å². The largest absolute Gasteiger partial charge is 0.400 e. The fraction of sp³-hybridized carbons (Fsp3) is 0.571. The number of aryl methyl sites for hydroxylation is 1. The Balaban J connectivity index is 0.00000201. The third kappa shape index (κ3) is 11.2. The molecule has 0 aliphatic heterocycles. The Morgan fingerprint density at radius 1 is 1.12 bits per heavy atom. The van der Waals surface area contributed by atoms with E-state index in [1.54, 1.807) is 0 Å². The molecule has 0 saturated heterocycles. The van der Waals surface area contributed by atoms with E-state index in [1.165, 1.54) is 6.42 Å². The summed E-state index contributed by atoms with van der Waals surface area (Å²) < 4.78 is 0. The predicted octanol–water partition coefficient (Wildman–Crippen LogP) is 8.35. The van der Waals surface area contributed by atoms with Gasteiger partial charge in [0.05, 0.1) is 29.2 Å². The molecule has 1 aliphatic carbocycles. The molecule has 0 amide bonds. The minimum Gasteiger partial charge on any atom is -0.400 e. The molecule has 2 rings (SSSR count). The summed E-state index contributed by atoms with van der Waals surface area (Å²) in [5.41, 5.74) is 11.0. The van der Waals surface area contributed by atoms with Crippen LogP contribution in [0.4, 0.5) is 5.69 Å². The minimum absolute atomic E-state index is 0.485. The Labute approximate surface area is 218 Å². The highest BCUT2D eigenvalue weighted by Crippen LogP contribution is 2.30. The maximum atomic E-state index is 10.7. The van der Waals surface area contributed by atoms with E-state index < -0.39 is 6.10 Å². The lowest BCUT2D eigenvalue weighted by Gasteiger charge is -2.33. The van der Waals surface area contributed by atoms with Crippen molar-refractivity contribution in [2.75, 3.05) is 18.5 Å². The van der Waals surface area contributed by atoms with Gasteiger partial charge < -0.3 is 21.1 Å². The van der Waals surface area contributed by atoms with Crippen molar-refractivity contribution in [2.24, 2.45) is 5.73 Å². The first-order chi connectivity index (χ1) is 16.3. The summed E-state index contributed by atoms with van der Waals surface area (Å²) in [6, 6.07) is 5.97. The van der Waals surface area contributed by atoms with Crippen molar-refractivity contribution in [1.29, 1.82) is 0 Å². The Bertz CT molecular complexity index is 803. The monoisotopic (exact) mass is 511 g/mol. The molecule has 194 valence electrons. The normalized spacial score (nSPS) is 17.9. The van der Waals surface area contributed by atoms with Gasteiger partial charge in [-0.2, -0.15) is 0 Å². The van der Waals surface area contributed by atoms with Gasteiger partial charge >= 0.3 is 0 Å². The minimum atomic E-state index is -0.569.